The molecule has 0 amide bonds. The molecule has 2 atom stereocenters. The van der Waals surface area contributed by atoms with Crippen molar-refractivity contribution in [1.29, 1.82) is 0 Å². The Balaban J connectivity index is 2.25. The SMILES string of the molecule is C[C@@H]1O[C@@H]1[Si](C)(C)c1ccccc1. The van der Waals surface area contributed by atoms with Crippen molar-refractivity contribution >= 4 is 13.3 Å². The Kier molecular flexibility index (Phi) is 2.04. The molecule has 1 aliphatic heterocycles. The van der Waals surface area contributed by atoms with Gasteiger partial charge in [-0.15, -0.1) is 0 Å². The average Bonchev–Trinajstić information content (AvgIpc) is 2.85. The van der Waals surface area contributed by atoms with Crippen LogP contribution in [0, 0.1) is 0 Å². The smallest absolute Gasteiger partial charge is 0.116 e. The lowest BCUT2D eigenvalue weighted by molar-refractivity contribution is 0.407. The van der Waals surface area contributed by atoms with E-state index in [1.807, 2.05) is 0 Å². The maximum absolute atomic E-state index is 5.60. The summed E-state index contributed by atoms with van der Waals surface area (Å²) in [7, 11) is -1.33. The van der Waals surface area contributed by atoms with Crippen LogP contribution in [0.2, 0.25) is 13.1 Å². The Morgan fingerprint density at radius 2 is 1.69 bits per heavy atom. The molecule has 0 N–H and O–H groups in total. The van der Waals surface area contributed by atoms with Gasteiger partial charge >= 0.3 is 0 Å². The predicted molar refractivity (Wildman–Crippen MR) is 57.9 cm³/mol. The lowest BCUT2D eigenvalue weighted by Gasteiger charge is -2.20. The molecule has 2 rings (SSSR count). The fourth-order valence-corrected chi connectivity index (χ4v) is 5.08. The molecule has 0 saturated carbocycles. The van der Waals surface area contributed by atoms with Crippen LogP contribution in [0.25, 0.3) is 0 Å². The van der Waals surface area contributed by atoms with Crippen molar-refractivity contribution < 1.29 is 4.74 Å². The molecule has 1 aromatic rings. The quantitative estimate of drug-likeness (QED) is 0.515. The molecule has 0 bridgehead atoms. The number of hydrogen-bond donors (Lipinski definition) is 0. The first-order chi connectivity index (χ1) is 6.12. The highest BCUT2D eigenvalue weighted by atomic mass is 28.3. The first-order valence-electron chi connectivity index (χ1n) is 4.83. The van der Waals surface area contributed by atoms with E-state index in [9.17, 15) is 0 Å². The molecule has 0 aromatic heterocycles. The first-order valence-corrected chi connectivity index (χ1v) is 7.91. The van der Waals surface area contributed by atoms with Crippen molar-refractivity contribution in [3.05, 3.63) is 30.3 Å². The highest BCUT2D eigenvalue weighted by Crippen LogP contribution is 2.30. The second-order valence-electron chi connectivity index (χ2n) is 4.35. The van der Waals surface area contributed by atoms with Crippen LogP contribution in [-0.4, -0.2) is 19.9 Å². The molecule has 1 saturated heterocycles. The molecule has 0 unspecified atom stereocenters. The Morgan fingerprint density at radius 3 is 2.15 bits per heavy atom. The van der Waals surface area contributed by atoms with E-state index in [0.29, 0.717) is 11.8 Å². The second kappa shape index (κ2) is 2.96. The molecule has 70 valence electrons. The molecule has 1 fully saturated rings. The summed E-state index contributed by atoms with van der Waals surface area (Å²) >= 11 is 0. The van der Waals surface area contributed by atoms with Crippen molar-refractivity contribution in [1.82, 2.24) is 0 Å². The topological polar surface area (TPSA) is 12.5 Å². The standard InChI is InChI=1S/C11H16OSi/c1-9-11(12-9)13(2,3)10-7-5-4-6-8-10/h4-9,11H,1-3H3/t9-,11+/m0/s1. The Hall–Kier alpha value is -0.603. The molecular formula is C11H16OSi. The van der Waals surface area contributed by atoms with Crippen molar-refractivity contribution in [2.24, 2.45) is 0 Å². The summed E-state index contributed by atoms with van der Waals surface area (Å²) in [6.07, 6.45) is 0.488. The third kappa shape index (κ3) is 1.56. The number of epoxide rings is 1. The zero-order chi connectivity index (χ0) is 9.47. The van der Waals surface area contributed by atoms with Crippen LogP contribution >= 0.6 is 0 Å². The molecule has 1 aromatic carbocycles. The zero-order valence-corrected chi connectivity index (χ0v) is 9.45. The molecule has 0 radical (unpaired) electrons. The van der Waals surface area contributed by atoms with E-state index >= 15 is 0 Å². The molecule has 1 nitrogen and oxygen atoms in total. The van der Waals surface area contributed by atoms with Crippen molar-refractivity contribution in [2.75, 3.05) is 0 Å². The third-order valence-electron chi connectivity index (χ3n) is 2.94. The Labute approximate surface area is 80.7 Å². The van der Waals surface area contributed by atoms with Gasteiger partial charge in [-0.2, -0.15) is 0 Å². The van der Waals surface area contributed by atoms with Crippen molar-refractivity contribution in [3.8, 4) is 0 Å². The van der Waals surface area contributed by atoms with E-state index in [0.717, 1.165) is 0 Å². The van der Waals surface area contributed by atoms with Crippen LogP contribution in [0.5, 0.6) is 0 Å². The fraction of sp³-hybridized carbons (Fsp3) is 0.455. The lowest BCUT2D eigenvalue weighted by atomic mass is 10.4. The van der Waals surface area contributed by atoms with Gasteiger partial charge in [-0.1, -0.05) is 48.6 Å². The van der Waals surface area contributed by atoms with E-state index < -0.39 is 8.07 Å². The van der Waals surface area contributed by atoms with Gasteiger partial charge < -0.3 is 4.74 Å². The molecule has 1 heterocycles. The van der Waals surface area contributed by atoms with Crippen LogP contribution in [0.4, 0.5) is 0 Å². The van der Waals surface area contributed by atoms with Gasteiger partial charge in [0, 0.05) is 0 Å². The molecule has 2 heteroatoms. The van der Waals surface area contributed by atoms with Gasteiger partial charge in [0.15, 0.2) is 0 Å². The van der Waals surface area contributed by atoms with E-state index in [1.54, 1.807) is 0 Å². The summed E-state index contributed by atoms with van der Waals surface area (Å²) in [5, 5.41) is 1.50. The minimum absolute atomic E-state index is 0.488. The molecule has 0 aliphatic carbocycles. The number of benzene rings is 1. The molecular weight excluding hydrogens is 176 g/mol. The van der Waals surface area contributed by atoms with Gasteiger partial charge in [0.2, 0.25) is 0 Å². The zero-order valence-electron chi connectivity index (χ0n) is 8.45. The maximum atomic E-state index is 5.60. The van der Waals surface area contributed by atoms with Gasteiger partial charge in [-0.05, 0) is 6.92 Å². The third-order valence-corrected chi connectivity index (χ3v) is 6.79. The summed E-state index contributed by atoms with van der Waals surface area (Å²) in [6, 6.07) is 10.8. The predicted octanol–water partition coefficient (Wildman–Crippen LogP) is 1.93. The molecule has 1 aliphatic rings. The van der Waals surface area contributed by atoms with Gasteiger partial charge in [0.05, 0.1) is 11.8 Å². The minimum Gasteiger partial charge on any atom is -0.373 e. The van der Waals surface area contributed by atoms with Crippen LogP contribution in [0.15, 0.2) is 30.3 Å². The number of ether oxygens (including phenoxy) is 1. The molecule has 0 spiro atoms. The second-order valence-corrected chi connectivity index (χ2v) is 8.94. The number of hydrogen-bond acceptors (Lipinski definition) is 1. The van der Waals surface area contributed by atoms with Gasteiger partial charge in [-0.25, -0.2) is 0 Å². The van der Waals surface area contributed by atoms with Gasteiger partial charge in [0.25, 0.3) is 0 Å². The average molecular weight is 192 g/mol. The van der Waals surface area contributed by atoms with Gasteiger partial charge in [-0.3, -0.25) is 0 Å². The highest BCUT2D eigenvalue weighted by Gasteiger charge is 2.48. The number of rotatable bonds is 2. The maximum Gasteiger partial charge on any atom is 0.116 e. The Bertz CT molecular complexity index is 294. The summed E-state index contributed by atoms with van der Waals surface area (Å²) < 4.78 is 5.60. The van der Waals surface area contributed by atoms with Crippen LogP contribution in [-0.2, 0) is 4.74 Å². The first kappa shape index (κ1) is 8.97. The fourth-order valence-electron chi connectivity index (χ4n) is 1.97. The normalized spacial score (nSPS) is 27.3. The van der Waals surface area contributed by atoms with Crippen molar-refractivity contribution in [3.63, 3.8) is 0 Å². The summed E-state index contributed by atoms with van der Waals surface area (Å²) in [5.41, 5.74) is 0.537. The van der Waals surface area contributed by atoms with Crippen LogP contribution in [0.1, 0.15) is 6.92 Å². The van der Waals surface area contributed by atoms with E-state index in [-0.39, 0.29) is 0 Å². The minimum atomic E-state index is -1.33. The van der Waals surface area contributed by atoms with Crippen LogP contribution < -0.4 is 5.19 Å². The largest absolute Gasteiger partial charge is 0.373 e. The monoisotopic (exact) mass is 192 g/mol. The lowest BCUT2D eigenvalue weighted by Crippen LogP contribution is -2.47. The van der Waals surface area contributed by atoms with Crippen LogP contribution in [0.3, 0.4) is 0 Å². The summed E-state index contributed by atoms with van der Waals surface area (Å²) in [4.78, 5) is 0. The molecule has 13 heavy (non-hydrogen) atoms. The van der Waals surface area contributed by atoms with E-state index in [4.69, 9.17) is 4.74 Å². The van der Waals surface area contributed by atoms with Gasteiger partial charge in [0.1, 0.15) is 8.07 Å². The van der Waals surface area contributed by atoms with E-state index in [2.05, 4.69) is 50.3 Å². The summed E-state index contributed by atoms with van der Waals surface area (Å²) in [6.45, 7) is 6.94. The summed E-state index contributed by atoms with van der Waals surface area (Å²) in [5.74, 6) is 0. The Morgan fingerprint density at radius 1 is 1.15 bits per heavy atom. The van der Waals surface area contributed by atoms with E-state index in [1.165, 1.54) is 5.19 Å². The highest BCUT2D eigenvalue weighted by molar-refractivity contribution is 6.91. The van der Waals surface area contributed by atoms with Crippen molar-refractivity contribution in [2.45, 2.75) is 31.8 Å².